The Morgan fingerprint density at radius 1 is 1.29 bits per heavy atom. The number of nitrogens with one attached hydrogen (secondary N) is 1. The molecule has 164 valence electrons. The SMILES string of the molecule is CCOc1ccc(NC(=O)Cn2nnc3sc4c(c3c2=O)CC[C@H](C(C)(C)C)C4)cc1. The maximum Gasteiger partial charge on any atom is 0.279 e. The number of carbonyl (C=O) groups excluding carboxylic acids is 1. The fourth-order valence-electron chi connectivity index (χ4n) is 4.11. The van der Waals surface area contributed by atoms with E-state index in [1.165, 1.54) is 4.88 Å². The van der Waals surface area contributed by atoms with Crippen LogP contribution in [0.4, 0.5) is 5.69 Å². The van der Waals surface area contributed by atoms with Crippen molar-refractivity contribution in [2.75, 3.05) is 11.9 Å². The minimum Gasteiger partial charge on any atom is -0.494 e. The largest absolute Gasteiger partial charge is 0.494 e. The molecule has 7 nitrogen and oxygen atoms in total. The number of hydrogen-bond donors (Lipinski definition) is 1. The van der Waals surface area contributed by atoms with Crippen LogP contribution in [0.3, 0.4) is 0 Å². The summed E-state index contributed by atoms with van der Waals surface area (Å²) in [6.45, 7) is 9.13. The number of carbonyl (C=O) groups is 1. The first-order valence-electron chi connectivity index (χ1n) is 10.7. The van der Waals surface area contributed by atoms with E-state index >= 15 is 0 Å². The van der Waals surface area contributed by atoms with Gasteiger partial charge in [-0.3, -0.25) is 9.59 Å². The molecule has 1 aliphatic carbocycles. The fraction of sp³-hybridized carbons (Fsp3) is 0.478. The van der Waals surface area contributed by atoms with Gasteiger partial charge in [0.2, 0.25) is 5.91 Å². The first-order chi connectivity index (χ1) is 14.8. The number of ether oxygens (including phenoxy) is 1. The maximum absolute atomic E-state index is 13.1. The van der Waals surface area contributed by atoms with Crippen molar-refractivity contribution in [1.82, 2.24) is 15.0 Å². The van der Waals surface area contributed by atoms with E-state index in [1.54, 1.807) is 35.6 Å². The summed E-state index contributed by atoms with van der Waals surface area (Å²) in [4.78, 5) is 27.5. The van der Waals surface area contributed by atoms with Crippen molar-refractivity contribution in [1.29, 1.82) is 0 Å². The summed E-state index contributed by atoms with van der Waals surface area (Å²) in [7, 11) is 0. The molecule has 8 heteroatoms. The van der Waals surface area contributed by atoms with Gasteiger partial charge in [-0.25, -0.2) is 4.68 Å². The van der Waals surface area contributed by atoms with Crippen LogP contribution in [0.1, 0.15) is 44.6 Å². The molecule has 1 aliphatic rings. The van der Waals surface area contributed by atoms with Gasteiger partial charge in [-0.05, 0) is 67.3 Å². The predicted octanol–water partition coefficient (Wildman–Crippen LogP) is 4.04. The normalized spacial score (nSPS) is 16.2. The Morgan fingerprint density at radius 2 is 2.03 bits per heavy atom. The number of aryl methyl sites for hydroxylation is 1. The molecule has 0 aliphatic heterocycles. The summed E-state index contributed by atoms with van der Waals surface area (Å²) in [6.07, 6.45) is 2.90. The maximum atomic E-state index is 13.1. The molecule has 0 bridgehead atoms. The van der Waals surface area contributed by atoms with E-state index in [9.17, 15) is 9.59 Å². The molecule has 3 aromatic rings. The number of fused-ring (bicyclic) bond motifs is 3. The van der Waals surface area contributed by atoms with Crippen molar-refractivity contribution in [3.63, 3.8) is 0 Å². The summed E-state index contributed by atoms with van der Waals surface area (Å²) >= 11 is 1.57. The number of hydrogen-bond acceptors (Lipinski definition) is 6. The van der Waals surface area contributed by atoms with Crippen LogP contribution in [0.5, 0.6) is 5.75 Å². The lowest BCUT2D eigenvalue weighted by Crippen LogP contribution is -2.31. The molecule has 31 heavy (non-hydrogen) atoms. The number of aromatic nitrogens is 3. The number of amides is 1. The second-order valence-corrected chi connectivity index (χ2v) is 10.1. The first-order valence-corrected chi connectivity index (χ1v) is 11.5. The Hall–Kier alpha value is -2.74. The lowest BCUT2D eigenvalue weighted by molar-refractivity contribution is -0.117. The molecule has 2 aromatic heterocycles. The average molecular weight is 441 g/mol. The van der Waals surface area contributed by atoms with Gasteiger partial charge < -0.3 is 10.1 Å². The molecule has 0 saturated carbocycles. The Morgan fingerprint density at radius 3 is 2.71 bits per heavy atom. The molecule has 1 atom stereocenters. The first kappa shape index (κ1) is 21.5. The zero-order valence-electron chi connectivity index (χ0n) is 18.4. The summed E-state index contributed by atoms with van der Waals surface area (Å²) in [6, 6.07) is 7.11. The topological polar surface area (TPSA) is 86.1 Å². The molecule has 4 rings (SSSR count). The summed E-state index contributed by atoms with van der Waals surface area (Å²) in [5, 5.41) is 11.7. The number of anilines is 1. The standard InChI is InChI=1S/C23H28N4O3S/c1-5-30-16-9-7-15(8-10-16)24-19(28)13-27-22(29)20-17-11-6-14(23(2,3)4)12-18(17)31-21(20)25-26-27/h7-10,14H,5-6,11-13H2,1-4H3,(H,24,28)/t14-/m0/s1. The van der Waals surface area contributed by atoms with Crippen LogP contribution in [0.25, 0.3) is 10.2 Å². The van der Waals surface area contributed by atoms with Crippen molar-refractivity contribution in [3.8, 4) is 5.75 Å². The molecule has 0 unspecified atom stereocenters. The highest BCUT2D eigenvalue weighted by atomic mass is 32.1. The quantitative estimate of drug-likeness (QED) is 0.647. The van der Waals surface area contributed by atoms with Crippen LogP contribution in [-0.2, 0) is 24.2 Å². The summed E-state index contributed by atoms with van der Waals surface area (Å²) in [5.41, 5.74) is 1.73. The molecule has 0 radical (unpaired) electrons. The average Bonchev–Trinajstić information content (AvgIpc) is 3.09. The summed E-state index contributed by atoms with van der Waals surface area (Å²) < 4.78 is 6.57. The zero-order chi connectivity index (χ0) is 22.2. The number of rotatable bonds is 5. The number of thiophene rings is 1. The third-order valence-corrected chi connectivity index (χ3v) is 7.04. The van der Waals surface area contributed by atoms with E-state index < -0.39 is 0 Å². The minimum atomic E-state index is -0.322. The van der Waals surface area contributed by atoms with Crippen molar-refractivity contribution in [2.24, 2.45) is 11.3 Å². The van der Waals surface area contributed by atoms with Crippen molar-refractivity contribution in [3.05, 3.63) is 45.1 Å². The molecule has 2 heterocycles. The Labute approximate surface area is 185 Å². The third-order valence-electron chi connectivity index (χ3n) is 5.91. The highest BCUT2D eigenvalue weighted by Gasteiger charge is 2.32. The fourth-order valence-corrected chi connectivity index (χ4v) is 5.34. The van der Waals surface area contributed by atoms with Crippen LogP contribution < -0.4 is 15.6 Å². The predicted molar refractivity (Wildman–Crippen MR) is 123 cm³/mol. The van der Waals surface area contributed by atoms with E-state index in [-0.39, 0.29) is 23.4 Å². The van der Waals surface area contributed by atoms with E-state index in [0.29, 0.717) is 28.4 Å². The minimum absolute atomic E-state index is 0.176. The van der Waals surface area contributed by atoms with Gasteiger partial charge >= 0.3 is 0 Å². The van der Waals surface area contributed by atoms with Gasteiger partial charge in [0.1, 0.15) is 12.3 Å². The second kappa shape index (κ2) is 8.42. The monoisotopic (exact) mass is 440 g/mol. The molecule has 1 aromatic carbocycles. The van der Waals surface area contributed by atoms with Gasteiger partial charge in [0, 0.05) is 10.6 Å². The zero-order valence-corrected chi connectivity index (χ0v) is 19.2. The van der Waals surface area contributed by atoms with E-state index in [4.69, 9.17) is 4.74 Å². The van der Waals surface area contributed by atoms with Crippen LogP contribution in [-0.4, -0.2) is 27.5 Å². The number of benzene rings is 1. The van der Waals surface area contributed by atoms with E-state index in [2.05, 4.69) is 36.4 Å². The molecule has 0 spiro atoms. The van der Waals surface area contributed by atoms with Crippen LogP contribution in [0.15, 0.2) is 29.1 Å². The van der Waals surface area contributed by atoms with Gasteiger partial charge in [-0.2, -0.15) is 0 Å². The molecule has 1 amide bonds. The molecular formula is C23H28N4O3S. The highest BCUT2D eigenvalue weighted by Crippen LogP contribution is 2.41. The summed E-state index contributed by atoms with van der Waals surface area (Å²) in [5.74, 6) is 1.00. The van der Waals surface area contributed by atoms with Gasteiger partial charge in [0.05, 0.1) is 12.0 Å². The van der Waals surface area contributed by atoms with Gasteiger partial charge in [0.25, 0.3) is 5.56 Å². The van der Waals surface area contributed by atoms with Crippen molar-refractivity contribution in [2.45, 2.75) is 53.5 Å². The van der Waals surface area contributed by atoms with Crippen molar-refractivity contribution >= 4 is 33.1 Å². The Kier molecular flexibility index (Phi) is 5.83. The molecule has 1 N–H and O–H groups in total. The van der Waals surface area contributed by atoms with Gasteiger partial charge in [0.15, 0.2) is 4.83 Å². The highest BCUT2D eigenvalue weighted by molar-refractivity contribution is 7.18. The van der Waals surface area contributed by atoms with E-state index in [1.807, 2.05) is 6.92 Å². The molecule has 0 fully saturated rings. The van der Waals surface area contributed by atoms with Gasteiger partial charge in [-0.1, -0.05) is 26.0 Å². The van der Waals surface area contributed by atoms with Gasteiger partial charge in [-0.15, -0.1) is 16.4 Å². The Bertz CT molecular complexity index is 1160. The Balaban J connectivity index is 1.53. The number of nitrogens with zero attached hydrogens (tertiary/aromatic N) is 3. The lowest BCUT2D eigenvalue weighted by atomic mass is 9.72. The van der Waals surface area contributed by atoms with E-state index in [0.717, 1.165) is 35.3 Å². The second-order valence-electron chi connectivity index (χ2n) is 9.05. The van der Waals surface area contributed by atoms with Crippen LogP contribution in [0.2, 0.25) is 0 Å². The molecular weight excluding hydrogens is 412 g/mol. The third kappa shape index (κ3) is 4.49. The lowest BCUT2D eigenvalue weighted by Gasteiger charge is -2.33. The van der Waals surface area contributed by atoms with Crippen LogP contribution in [0, 0.1) is 11.3 Å². The smallest absolute Gasteiger partial charge is 0.279 e. The van der Waals surface area contributed by atoms with Crippen molar-refractivity contribution < 1.29 is 9.53 Å². The van der Waals surface area contributed by atoms with Crippen LogP contribution >= 0.6 is 11.3 Å². The molecule has 0 saturated heterocycles.